The summed E-state index contributed by atoms with van der Waals surface area (Å²) < 4.78 is 16.0. The molecule has 1 aromatic rings. The molecule has 0 radical (unpaired) electrons. The third kappa shape index (κ3) is 5.31. The Morgan fingerprint density at radius 2 is 1.92 bits per heavy atom. The molecule has 0 aliphatic heterocycles. The van der Waals surface area contributed by atoms with Gasteiger partial charge in [-0.05, 0) is 104 Å². The summed E-state index contributed by atoms with van der Waals surface area (Å²) in [5, 5.41) is 21.0. The fourth-order valence-corrected chi connectivity index (χ4v) is 8.97. The molecule has 4 aliphatic rings. The van der Waals surface area contributed by atoms with Gasteiger partial charge in [0.05, 0.1) is 6.10 Å². The van der Waals surface area contributed by atoms with Crippen LogP contribution in [0.25, 0.3) is 0 Å². The summed E-state index contributed by atoms with van der Waals surface area (Å²) in [4.78, 5) is 14.8. The number of aromatic hydroxyl groups is 1. The number of hydrogen-bond acceptors (Lipinski definition) is 3. The van der Waals surface area contributed by atoms with E-state index in [0.717, 1.165) is 62.7 Å². The lowest BCUT2D eigenvalue weighted by Gasteiger charge is -2.54. The highest BCUT2D eigenvalue weighted by molar-refractivity contribution is 5.75. The molecular weight excluding hydrogens is 465 g/mol. The minimum Gasteiger partial charge on any atom is -0.508 e. The Morgan fingerprint density at radius 3 is 2.68 bits per heavy atom. The smallest absolute Gasteiger partial charge is 0.222 e. The summed E-state index contributed by atoms with van der Waals surface area (Å²) in [6, 6.07) is 5.53. The lowest BCUT2D eigenvalue weighted by molar-refractivity contribution is -0.131. The normalized spacial score (nSPS) is 35.5. The van der Waals surface area contributed by atoms with Gasteiger partial charge in [0.15, 0.2) is 0 Å². The molecule has 0 unspecified atom stereocenters. The zero-order valence-corrected chi connectivity index (χ0v) is 23.0. The fraction of sp³-hybridized carbons (Fsp3) is 0.781. The molecule has 0 aromatic heterocycles. The van der Waals surface area contributed by atoms with E-state index in [4.69, 9.17) is 0 Å². The first-order valence-electron chi connectivity index (χ1n) is 15.2. The summed E-state index contributed by atoms with van der Waals surface area (Å²) in [5.74, 6) is 1.98. The van der Waals surface area contributed by atoms with Gasteiger partial charge in [-0.15, -0.1) is 0 Å². The molecule has 3 fully saturated rings. The highest BCUT2D eigenvalue weighted by atomic mass is 19.1. The molecule has 5 rings (SSSR count). The molecule has 4 nitrogen and oxygen atoms in total. The van der Waals surface area contributed by atoms with Crippen LogP contribution in [0.1, 0.15) is 108 Å². The summed E-state index contributed by atoms with van der Waals surface area (Å²) in [5.41, 5.74) is 1.86. The van der Waals surface area contributed by atoms with Gasteiger partial charge in [0.1, 0.15) is 11.9 Å². The monoisotopic (exact) mass is 513 g/mol. The Labute approximate surface area is 223 Å². The van der Waals surface area contributed by atoms with Crippen molar-refractivity contribution < 1.29 is 19.4 Å². The molecule has 3 saturated carbocycles. The molecule has 0 saturated heterocycles. The molecule has 2 N–H and O–H groups in total. The molecule has 0 spiro atoms. The Hall–Kier alpha value is -1.62. The van der Waals surface area contributed by atoms with Crippen LogP contribution in [0.4, 0.5) is 4.39 Å². The zero-order chi connectivity index (χ0) is 26.2. The van der Waals surface area contributed by atoms with Crippen molar-refractivity contribution in [3.63, 3.8) is 0 Å². The standard InChI is InChI=1S/C32H48FNO3/c1-3-29(37)34(20-21-9-5-4-6-10-21)16-8-7-11-22-17-23-18-24(35)12-13-25(23)31-27(33)19-32(2)26(30(22)31)14-15-28(32)36/h12-13,18,21-22,26-28,30-31,35-36H,3-11,14-17,19-20H2,1-2H3/t22-,26+,27+,28+,30+,31+,32+/m1/s1. The maximum Gasteiger partial charge on any atom is 0.222 e. The van der Waals surface area contributed by atoms with Gasteiger partial charge in [-0.3, -0.25) is 4.79 Å². The number of hydrogen-bond donors (Lipinski definition) is 2. The van der Waals surface area contributed by atoms with Crippen molar-refractivity contribution in [2.24, 2.45) is 29.1 Å². The van der Waals surface area contributed by atoms with Crippen LogP contribution in [0, 0.1) is 29.1 Å². The minimum absolute atomic E-state index is 0.137. The van der Waals surface area contributed by atoms with Crippen molar-refractivity contribution in [1.82, 2.24) is 4.90 Å². The predicted molar refractivity (Wildman–Crippen MR) is 145 cm³/mol. The van der Waals surface area contributed by atoms with Crippen molar-refractivity contribution in [1.29, 1.82) is 0 Å². The van der Waals surface area contributed by atoms with Crippen LogP contribution in [0.5, 0.6) is 5.75 Å². The first-order chi connectivity index (χ1) is 17.8. The molecule has 1 amide bonds. The van der Waals surface area contributed by atoms with Gasteiger partial charge in [0.25, 0.3) is 0 Å². The second-order valence-corrected chi connectivity index (χ2v) is 13.1. The highest BCUT2D eigenvalue weighted by Crippen LogP contribution is 2.63. The number of fused-ring (bicyclic) bond motifs is 5. The summed E-state index contributed by atoms with van der Waals surface area (Å²) in [6.45, 7) is 5.83. The number of carbonyl (C=O) groups excluding carboxylic acids is 1. The summed E-state index contributed by atoms with van der Waals surface area (Å²) >= 11 is 0. The predicted octanol–water partition coefficient (Wildman–Crippen LogP) is 6.77. The number of aliphatic hydroxyl groups excluding tert-OH is 1. The number of halogens is 1. The second-order valence-electron chi connectivity index (χ2n) is 13.1. The first-order valence-corrected chi connectivity index (χ1v) is 15.2. The van der Waals surface area contributed by atoms with Crippen molar-refractivity contribution in [3.8, 4) is 5.75 Å². The number of carbonyl (C=O) groups is 1. The number of phenols is 1. The number of rotatable bonds is 8. The first kappa shape index (κ1) is 27.0. The zero-order valence-electron chi connectivity index (χ0n) is 23.0. The van der Waals surface area contributed by atoms with Crippen LogP contribution in [-0.2, 0) is 11.2 Å². The molecule has 1 aromatic carbocycles. The number of unbranched alkanes of at least 4 members (excludes halogenated alkanes) is 1. The molecule has 5 heteroatoms. The Balaban J connectivity index is 1.29. The number of aliphatic hydroxyl groups is 1. The SMILES string of the molecule is CCC(=O)N(CCCC[C@@H]1Cc2cc(O)ccc2[C@@H]2[C@@H]1[C@@H]1CC[C@H](O)[C@@]1(C)C[C@@H]2F)CC1CCCCC1. The van der Waals surface area contributed by atoms with Gasteiger partial charge in [-0.2, -0.15) is 0 Å². The molecule has 0 bridgehead atoms. The van der Waals surface area contributed by atoms with Gasteiger partial charge in [0.2, 0.25) is 5.91 Å². The van der Waals surface area contributed by atoms with E-state index in [1.807, 2.05) is 19.1 Å². The molecular formula is C32H48FNO3. The molecule has 4 aliphatic carbocycles. The second kappa shape index (κ2) is 11.2. The van der Waals surface area contributed by atoms with E-state index in [1.165, 1.54) is 32.1 Å². The molecule has 0 heterocycles. The van der Waals surface area contributed by atoms with Crippen LogP contribution in [0.15, 0.2) is 18.2 Å². The largest absolute Gasteiger partial charge is 0.508 e. The van der Waals surface area contributed by atoms with Gasteiger partial charge >= 0.3 is 0 Å². The van der Waals surface area contributed by atoms with E-state index in [9.17, 15) is 15.0 Å². The van der Waals surface area contributed by atoms with Crippen LogP contribution >= 0.6 is 0 Å². The average Bonchev–Trinajstić information content (AvgIpc) is 3.18. The van der Waals surface area contributed by atoms with E-state index >= 15 is 4.39 Å². The van der Waals surface area contributed by atoms with Crippen LogP contribution in [0.2, 0.25) is 0 Å². The molecule has 37 heavy (non-hydrogen) atoms. The number of amides is 1. The summed E-state index contributed by atoms with van der Waals surface area (Å²) in [7, 11) is 0. The number of nitrogens with zero attached hydrogens (tertiary/aromatic N) is 1. The van der Waals surface area contributed by atoms with Crippen LogP contribution in [0.3, 0.4) is 0 Å². The van der Waals surface area contributed by atoms with Gasteiger partial charge in [-0.25, -0.2) is 4.39 Å². The molecule has 206 valence electrons. The maximum atomic E-state index is 16.0. The van der Waals surface area contributed by atoms with Gasteiger partial charge in [-0.1, -0.05) is 45.6 Å². The van der Waals surface area contributed by atoms with Gasteiger partial charge in [0, 0.05) is 25.4 Å². The van der Waals surface area contributed by atoms with Crippen molar-refractivity contribution in [3.05, 3.63) is 29.3 Å². The van der Waals surface area contributed by atoms with E-state index in [0.29, 0.717) is 30.6 Å². The van der Waals surface area contributed by atoms with Crippen molar-refractivity contribution in [2.75, 3.05) is 13.1 Å². The Bertz CT molecular complexity index is 946. The third-order valence-corrected chi connectivity index (χ3v) is 10.9. The minimum atomic E-state index is -0.960. The van der Waals surface area contributed by atoms with Crippen molar-refractivity contribution >= 4 is 5.91 Å². The third-order valence-electron chi connectivity index (χ3n) is 10.9. The van der Waals surface area contributed by atoms with Crippen LogP contribution in [-0.4, -0.2) is 46.4 Å². The quantitative estimate of drug-likeness (QED) is 0.377. The molecule has 7 atom stereocenters. The Kier molecular flexibility index (Phi) is 8.19. The van der Waals surface area contributed by atoms with E-state index in [-0.39, 0.29) is 28.9 Å². The number of alkyl halides is 1. The number of phenolic OH excluding ortho intramolecular Hbond substituents is 1. The van der Waals surface area contributed by atoms with E-state index < -0.39 is 12.3 Å². The Morgan fingerprint density at radius 1 is 1.14 bits per heavy atom. The lowest BCUT2D eigenvalue weighted by Crippen LogP contribution is -2.51. The topological polar surface area (TPSA) is 60.8 Å². The fourth-order valence-electron chi connectivity index (χ4n) is 8.97. The maximum absolute atomic E-state index is 16.0. The van der Waals surface area contributed by atoms with E-state index in [1.54, 1.807) is 6.07 Å². The highest BCUT2D eigenvalue weighted by Gasteiger charge is 2.59. The average molecular weight is 514 g/mol. The van der Waals surface area contributed by atoms with Gasteiger partial charge < -0.3 is 15.1 Å². The van der Waals surface area contributed by atoms with E-state index in [2.05, 4.69) is 11.8 Å². The number of benzene rings is 1. The lowest BCUT2D eigenvalue weighted by atomic mass is 9.51. The summed E-state index contributed by atoms with van der Waals surface area (Å²) in [6.07, 6.45) is 11.7. The van der Waals surface area contributed by atoms with Crippen LogP contribution < -0.4 is 0 Å². The van der Waals surface area contributed by atoms with Crippen molar-refractivity contribution in [2.45, 2.75) is 116 Å².